The van der Waals surface area contributed by atoms with Crippen molar-refractivity contribution < 1.29 is 14.4 Å². The number of carbonyl (C=O) groups excluding carboxylic acids is 2. The summed E-state index contributed by atoms with van der Waals surface area (Å²) in [4.78, 5) is 27.5. The Bertz CT molecular complexity index is 255. The largest absolute Gasteiger partial charge is 0.435 e. The van der Waals surface area contributed by atoms with E-state index in [0.29, 0.717) is 6.54 Å². The molecule has 0 radical (unpaired) electrons. The average Bonchev–Trinajstić information content (AvgIpc) is 2.16. The molecule has 0 aromatic rings. The minimum absolute atomic E-state index is 0.0390. The van der Waals surface area contributed by atoms with Crippen LogP contribution >= 0.6 is 11.8 Å². The van der Waals surface area contributed by atoms with Gasteiger partial charge in [-0.1, -0.05) is 5.16 Å². The summed E-state index contributed by atoms with van der Waals surface area (Å²) in [5.41, 5.74) is 4.95. The molecule has 14 heavy (non-hydrogen) atoms. The van der Waals surface area contributed by atoms with Crippen molar-refractivity contribution in [2.45, 2.75) is 6.92 Å². The second-order valence-electron chi connectivity index (χ2n) is 2.34. The van der Waals surface area contributed by atoms with E-state index in [-0.39, 0.29) is 5.04 Å². The van der Waals surface area contributed by atoms with Gasteiger partial charge in [0.25, 0.3) is 5.91 Å². The molecular weight excluding hydrogens is 206 g/mol. The Kier molecular flexibility index (Phi) is 5.70. The Labute approximate surface area is 86.4 Å². The molecule has 0 aliphatic heterocycles. The van der Waals surface area contributed by atoms with Gasteiger partial charge in [-0.3, -0.25) is 9.63 Å². The van der Waals surface area contributed by atoms with Crippen LogP contribution in [0.15, 0.2) is 5.16 Å². The van der Waals surface area contributed by atoms with Gasteiger partial charge in [0.2, 0.25) is 5.04 Å². The van der Waals surface area contributed by atoms with E-state index in [4.69, 9.17) is 5.73 Å². The maximum absolute atomic E-state index is 11.1. The smallest absolute Gasteiger partial charge is 0.364 e. The molecule has 0 atom stereocenters. The lowest BCUT2D eigenvalue weighted by Crippen LogP contribution is -2.27. The number of carbonyl (C=O) groups is 2. The first-order valence-corrected chi connectivity index (χ1v) is 5.09. The number of nitrogens with zero attached hydrogens (tertiary/aromatic N) is 2. The summed E-state index contributed by atoms with van der Waals surface area (Å²) >= 11 is 1.02. The van der Waals surface area contributed by atoms with Crippen LogP contribution in [0.1, 0.15) is 6.92 Å². The van der Waals surface area contributed by atoms with Crippen LogP contribution in [0.3, 0.4) is 0 Å². The van der Waals surface area contributed by atoms with E-state index in [1.807, 2.05) is 0 Å². The Morgan fingerprint density at radius 3 is 2.50 bits per heavy atom. The summed E-state index contributed by atoms with van der Waals surface area (Å²) in [5, 5.41) is 3.29. The van der Waals surface area contributed by atoms with Gasteiger partial charge < -0.3 is 10.6 Å². The third-order valence-electron chi connectivity index (χ3n) is 1.40. The first-order chi connectivity index (χ1) is 6.52. The maximum atomic E-state index is 11.1. The van der Waals surface area contributed by atoms with Crippen LogP contribution in [-0.4, -0.2) is 41.8 Å². The van der Waals surface area contributed by atoms with Crippen molar-refractivity contribution in [1.29, 1.82) is 0 Å². The highest BCUT2D eigenvalue weighted by atomic mass is 32.2. The standard InChI is InChI=1S/C7H13N3O3S/c1-4-10(2)7(12)13-9-6(14-3)5(8)11/h4H2,1-3H3,(H2,8,11)/b9-6-. The molecule has 6 nitrogen and oxygen atoms in total. The predicted octanol–water partition coefficient (Wildman–Crippen LogP) is 0.237. The number of hydrogen-bond acceptors (Lipinski definition) is 5. The quantitative estimate of drug-likeness (QED) is 0.312. The van der Waals surface area contributed by atoms with Crippen LogP contribution in [0.2, 0.25) is 0 Å². The van der Waals surface area contributed by atoms with Gasteiger partial charge in [-0.2, -0.15) is 0 Å². The zero-order valence-electron chi connectivity index (χ0n) is 8.31. The highest BCUT2D eigenvalue weighted by Gasteiger charge is 2.10. The molecule has 0 saturated heterocycles. The summed E-state index contributed by atoms with van der Waals surface area (Å²) in [5.74, 6) is -0.718. The molecule has 0 heterocycles. The normalized spacial score (nSPS) is 10.9. The summed E-state index contributed by atoms with van der Waals surface area (Å²) < 4.78 is 0. The number of nitrogens with two attached hydrogens (primary N) is 1. The predicted molar refractivity (Wildman–Crippen MR) is 54.9 cm³/mol. The molecule has 0 bridgehead atoms. The fourth-order valence-electron chi connectivity index (χ4n) is 0.462. The van der Waals surface area contributed by atoms with E-state index in [0.717, 1.165) is 11.8 Å². The second kappa shape index (κ2) is 6.25. The highest BCUT2D eigenvalue weighted by molar-refractivity contribution is 8.15. The van der Waals surface area contributed by atoms with E-state index in [1.54, 1.807) is 20.2 Å². The van der Waals surface area contributed by atoms with E-state index in [9.17, 15) is 9.59 Å². The topological polar surface area (TPSA) is 85.0 Å². The fraction of sp³-hybridized carbons (Fsp3) is 0.571. The molecule has 0 saturated carbocycles. The zero-order valence-corrected chi connectivity index (χ0v) is 9.13. The number of oxime groups is 1. The Morgan fingerprint density at radius 2 is 2.14 bits per heavy atom. The lowest BCUT2D eigenvalue weighted by molar-refractivity contribution is -0.111. The third-order valence-corrected chi connectivity index (χ3v) is 2.06. The summed E-state index contributed by atoms with van der Waals surface area (Å²) in [6, 6.07) is 0. The van der Waals surface area contributed by atoms with Crippen molar-refractivity contribution in [2.75, 3.05) is 19.8 Å². The lowest BCUT2D eigenvalue weighted by atomic mass is 10.7. The zero-order chi connectivity index (χ0) is 11.1. The Hall–Kier alpha value is -1.24. The summed E-state index contributed by atoms with van der Waals surface area (Å²) in [6.45, 7) is 2.29. The molecule has 2 amide bonds. The van der Waals surface area contributed by atoms with Gasteiger partial charge in [-0.05, 0) is 13.2 Å². The number of rotatable bonds is 2. The van der Waals surface area contributed by atoms with Crippen molar-refractivity contribution in [1.82, 2.24) is 4.90 Å². The van der Waals surface area contributed by atoms with Crippen molar-refractivity contribution in [3.8, 4) is 0 Å². The molecular formula is C7H13N3O3S. The molecule has 0 aliphatic rings. The van der Waals surface area contributed by atoms with E-state index in [1.165, 1.54) is 4.90 Å². The first kappa shape index (κ1) is 12.8. The molecule has 0 aromatic heterocycles. The highest BCUT2D eigenvalue weighted by Crippen LogP contribution is 1.99. The van der Waals surface area contributed by atoms with Gasteiger partial charge in [0.1, 0.15) is 0 Å². The van der Waals surface area contributed by atoms with Crippen molar-refractivity contribution >= 4 is 28.8 Å². The Morgan fingerprint density at radius 1 is 1.57 bits per heavy atom. The fourth-order valence-corrected chi connectivity index (χ4v) is 0.775. The van der Waals surface area contributed by atoms with Crippen LogP contribution in [0.5, 0.6) is 0 Å². The average molecular weight is 219 g/mol. The van der Waals surface area contributed by atoms with E-state index in [2.05, 4.69) is 9.99 Å². The molecule has 0 unspecified atom stereocenters. The van der Waals surface area contributed by atoms with Crippen LogP contribution in [-0.2, 0) is 9.63 Å². The minimum atomic E-state index is -0.718. The molecule has 7 heteroatoms. The summed E-state index contributed by atoms with van der Waals surface area (Å²) in [7, 11) is 1.56. The van der Waals surface area contributed by atoms with E-state index >= 15 is 0 Å². The molecule has 0 fully saturated rings. The van der Waals surface area contributed by atoms with Crippen LogP contribution in [0.25, 0.3) is 0 Å². The van der Waals surface area contributed by atoms with Gasteiger partial charge in [0, 0.05) is 13.6 Å². The monoisotopic (exact) mass is 219 g/mol. The van der Waals surface area contributed by atoms with Gasteiger partial charge in [-0.15, -0.1) is 11.8 Å². The van der Waals surface area contributed by atoms with Gasteiger partial charge in [0.15, 0.2) is 0 Å². The van der Waals surface area contributed by atoms with Crippen LogP contribution in [0, 0.1) is 0 Å². The summed E-state index contributed by atoms with van der Waals surface area (Å²) in [6.07, 6.45) is 0.987. The van der Waals surface area contributed by atoms with E-state index < -0.39 is 12.0 Å². The molecule has 0 rings (SSSR count). The molecule has 0 aromatic carbocycles. The second-order valence-corrected chi connectivity index (χ2v) is 3.13. The molecule has 0 aliphatic carbocycles. The third kappa shape index (κ3) is 4.13. The first-order valence-electron chi connectivity index (χ1n) is 3.86. The van der Waals surface area contributed by atoms with Crippen LogP contribution in [0.4, 0.5) is 4.79 Å². The molecule has 80 valence electrons. The minimum Gasteiger partial charge on any atom is -0.364 e. The number of primary amides is 1. The maximum Gasteiger partial charge on any atom is 0.435 e. The van der Waals surface area contributed by atoms with Gasteiger partial charge >= 0.3 is 6.09 Å². The SMILES string of the molecule is CCN(C)C(=O)O/N=C(\SC)C(N)=O. The van der Waals surface area contributed by atoms with Gasteiger partial charge in [0.05, 0.1) is 0 Å². The van der Waals surface area contributed by atoms with Crippen LogP contribution < -0.4 is 5.73 Å². The Balaban J connectivity index is 4.26. The number of amides is 2. The number of thioether (sulfide) groups is 1. The van der Waals surface area contributed by atoms with Gasteiger partial charge in [-0.25, -0.2) is 4.79 Å². The molecule has 2 N–H and O–H groups in total. The van der Waals surface area contributed by atoms with Crippen molar-refractivity contribution in [2.24, 2.45) is 10.9 Å². The van der Waals surface area contributed by atoms with Crippen molar-refractivity contribution in [3.05, 3.63) is 0 Å². The number of hydrogen-bond donors (Lipinski definition) is 1. The lowest BCUT2D eigenvalue weighted by Gasteiger charge is -2.10. The molecule has 0 spiro atoms. The van der Waals surface area contributed by atoms with Crippen molar-refractivity contribution in [3.63, 3.8) is 0 Å².